The fraction of sp³-hybridized carbons (Fsp3) is 0.556. The maximum absolute atomic E-state index is 11.8. The van der Waals surface area contributed by atoms with Crippen molar-refractivity contribution >= 4 is 17.7 Å². The quantitative estimate of drug-likeness (QED) is 0.785. The van der Waals surface area contributed by atoms with Crippen LogP contribution in [0.4, 0.5) is 11.8 Å². The van der Waals surface area contributed by atoms with E-state index in [0.29, 0.717) is 43.6 Å². The summed E-state index contributed by atoms with van der Waals surface area (Å²) in [4.78, 5) is 22.9. The number of hydrogen-bond acceptors (Lipinski definition) is 7. The standard InChI is InChI=1S/C18H26N6O3/c1-12(13-9-20-23(4)11-13)21-17-19-10-14(18(2,3)16(25)26)15(22-17)24-5-7-27-8-6-24/h9-12H,5-8H2,1-4H3,(H,25,26)(H,19,21,22)/t12-/m1/s1. The molecule has 1 fully saturated rings. The molecular weight excluding hydrogens is 348 g/mol. The van der Waals surface area contributed by atoms with E-state index in [-0.39, 0.29) is 6.04 Å². The summed E-state index contributed by atoms with van der Waals surface area (Å²) in [5, 5.41) is 17.1. The minimum Gasteiger partial charge on any atom is -0.481 e. The van der Waals surface area contributed by atoms with Crippen LogP contribution >= 0.6 is 0 Å². The molecule has 146 valence electrons. The summed E-state index contributed by atoms with van der Waals surface area (Å²) in [6.45, 7) is 7.85. The highest BCUT2D eigenvalue weighted by Crippen LogP contribution is 2.32. The predicted octanol–water partition coefficient (Wildman–Crippen LogP) is 1.58. The van der Waals surface area contributed by atoms with Gasteiger partial charge in [-0.25, -0.2) is 4.98 Å². The molecule has 2 aromatic rings. The Bertz CT molecular complexity index is 813. The first kappa shape index (κ1) is 19.1. The van der Waals surface area contributed by atoms with Crippen molar-refractivity contribution in [2.24, 2.45) is 7.05 Å². The number of nitrogens with zero attached hydrogens (tertiary/aromatic N) is 5. The zero-order chi connectivity index (χ0) is 19.6. The van der Waals surface area contributed by atoms with Crippen molar-refractivity contribution < 1.29 is 14.6 Å². The first-order valence-electron chi connectivity index (χ1n) is 8.97. The molecule has 1 atom stereocenters. The number of rotatable bonds is 6. The van der Waals surface area contributed by atoms with Crippen LogP contribution in [0.2, 0.25) is 0 Å². The SMILES string of the molecule is C[C@@H](Nc1ncc(C(C)(C)C(=O)O)c(N2CCOCC2)n1)c1cnn(C)c1. The summed E-state index contributed by atoms with van der Waals surface area (Å²) >= 11 is 0. The number of anilines is 2. The second-order valence-corrected chi connectivity index (χ2v) is 7.27. The van der Waals surface area contributed by atoms with Crippen LogP contribution in [0.15, 0.2) is 18.6 Å². The fourth-order valence-corrected chi connectivity index (χ4v) is 2.96. The third-order valence-electron chi connectivity index (χ3n) is 4.86. The van der Waals surface area contributed by atoms with Crippen molar-refractivity contribution in [2.75, 3.05) is 36.5 Å². The summed E-state index contributed by atoms with van der Waals surface area (Å²) < 4.78 is 7.16. The molecular formula is C18H26N6O3. The van der Waals surface area contributed by atoms with E-state index in [0.717, 1.165) is 5.56 Å². The average Bonchev–Trinajstić information content (AvgIpc) is 3.08. The summed E-state index contributed by atoms with van der Waals surface area (Å²) in [6, 6.07) is -0.0328. The first-order valence-corrected chi connectivity index (χ1v) is 8.97. The Morgan fingerprint density at radius 1 is 1.33 bits per heavy atom. The van der Waals surface area contributed by atoms with Crippen LogP contribution in [-0.4, -0.2) is 57.1 Å². The van der Waals surface area contributed by atoms with Crippen LogP contribution in [0.5, 0.6) is 0 Å². The smallest absolute Gasteiger partial charge is 0.313 e. The number of carbonyl (C=O) groups is 1. The number of aromatic nitrogens is 4. The number of nitrogens with one attached hydrogen (secondary N) is 1. The molecule has 0 spiro atoms. The Hall–Kier alpha value is -2.68. The van der Waals surface area contributed by atoms with Gasteiger partial charge in [0.15, 0.2) is 0 Å². The van der Waals surface area contributed by atoms with Crippen molar-refractivity contribution in [2.45, 2.75) is 32.2 Å². The van der Waals surface area contributed by atoms with Crippen LogP contribution in [0.3, 0.4) is 0 Å². The van der Waals surface area contributed by atoms with Gasteiger partial charge < -0.3 is 20.1 Å². The van der Waals surface area contributed by atoms with Gasteiger partial charge in [-0.05, 0) is 20.8 Å². The van der Waals surface area contributed by atoms with E-state index < -0.39 is 11.4 Å². The lowest BCUT2D eigenvalue weighted by atomic mass is 9.85. The second kappa shape index (κ2) is 7.51. The van der Waals surface area contributed by atoms with Crippen LogP contribution in [-0.2, 0) is 22.0 Å². The molecule has 9 heteroatoms. The highest BCUT2D eigenvalue weighted by atomic mass is 16.5. The van der Waals surface area contributed by atoms with Gasteiger partial charge in [-0.2, -0.15) is 10.1 Å². The molecule has 0 bridgehead atoms. The van der Waals surface area contributed by atoms with Crippen molar-refractivity contribution in [1.82, 2.24) is 19.7 Å². The number of morpholine rings is 1. The number of carboxylic acids is 1. The fourth-order valence-electron chi connectivity index (χ4n) is 2.96. The molecule has 0 aromatic carbocycles. The van der Waals surface area contributed by atoms with E-state index in [1.54, 1.807) is 30.9 Å². The number of hydrogen-bond donors (Lipinski definition) is 2. The van der Waals surface area contributed by atoms with Crippen LogP contribution in [0.25, 0.3) is 0 Å². The molecule has 0 amide bonds. The Kier molecular flexibility index (Phi) is 5.31. The summed E-state index contributed by atoms with van der Waals surface area (Å²) in [6.07, 6.45) is 5.34. The maximum atomic E-state index is 11.8. The molecule has 1 aliphatic heterocycles. The zero-order valence-electron chi connectivity index (χ0n) is 16.1. The van der Waals surface area contributed by atoms with Crippen molar-refractivity contribution in [3.63, 3.8) is 0 Å². The Balaban J connectivity index is 1.93. The molecule has 0 aliphatic carbocycles. The molecule has 3 rings (SSSR count). The molecule has 0 radical (unpaired) electrons. The van der Waals surface area contributed by atoms with Crippen LogP contribution < -0.4 is 10.2 Å². The highest BCUT2D eigenvalue weighted by molar-refractivity contribution is 5.82. The van der Waals surface area contributed by atoms with E-state index in [2.05, 4.69) is 25.3 Å². The lowest BCUT2D eigenvalue weighted by Gasteiger charge is -2.32. The Morgan fingerprint density at radius 2 is 2.04 bits per heavy atom. The minimum atomic E-state index is -1.10. The van der Waals surface area contributed by atoms with Gasteiger partial charge in [0.1, 0.15) is 5.82 Å². The number of aryl methyl sites for hydroxylation is 1. The van der Waals surface area contributed by atoms with Crippen LogP contribution in [0, 0.1) is 0 Å². The van der Waals surface area contributed by atoms with Gasteiger partial charge in [-0.15, -0.1) is 0 Å². The van der Waals surface area contributed by atoms with E-state index >= 15 is 0 Å². The largest absolute Gasteiger partial charge is 0.481 e. The number of carboxylic acid groups (broad SMARTS) is 1. The maximum Gasteiger partial charge on any atom is 0.313 e. The molecule has 0 unspecified atom stereocenters. The van der Waals surface area contributed by atoms with E-state index in [9.17, 15) is 9.90 Å². The van der Waals surface area contributed by atoms with Gasteiger partial charge in [0.25, 0.3) is 0 Å². The van der Waals surface area contributed by atoms with Gasteiger partial charge in [0.05, 0.1) is 30.9 Å². The molecule has 27 heavy (non-hydrogen) atoms. The summed E-state index contributed by atoms with van der Waals surface area (Å²) in [5.41, 5.74) is 0.515. The second-order valence-electron chi connectivity index (χ2n) is 7.27. The number of ether oxygens (including phenoxy) is 1. The van der Waals surface area contributed by atoms with E-state index in [4.69, 9.17) is 4.74 Å². The Labute approximate surface area is 158 Å². The van der Waals surface area contributed by atoms with Crippen molar-refractivity contribution in [3.05, 3.63) is 29.7 Å². The van der Waals surface area contributed by atoms with Crippen molar-refractivity contribution in [3.8, 4) is 0 Å². The van der Waals surface area contributed by atoms with Crippen LogP contribution in [0.1, 0.15) is 37.9 Å². The molecule has 9 nitrogen and oxygen atoms in total. The highest BCUT2D eigenvalue weighted by Gasteiger charge is 2.35. The molecule has 0 saturated carbocycles. The van der Waals surface area contributed by atoms with Crippen molar-refractivity contribution in [1.29, 1.82) is 0 Å². The molecule has 2 N–H and O–H groups in total. The van der Waals surface area contributed by atoms with E-state index in [1.807, 2.05) is 20.2 Å². The number of aliphatic carboxylic acids is 1. The Morgan fingerprint density at radius 3 is 2.63 bits per heavy atom. The van der Waals surface area contributed by atoms with Gasteiger partial charge in [0.2, 0.25) is 5.95 Å². The third kappa shape index (κ3) is 4.02. The van der Waals surface area contributed by atoms with Gasteiger partial charge >= 0.3 is 5.97 Å². The minimum absolute atomic E-state index is 0.0328. The van der Waals surface area contributed by atoms with Gasteiger partial charge in [0, 0.05) is 43.7 Å². The van der Waals surface area contributed by atoms with Gasteiger partial charge in [-0.3, -0.25) is 9.48 Å². The molecule has 2 aromatic heterocycles. The average molecular weight is 374 g/mol. The monoisotopic (exact) mass is 374 g/mol. The zero-order valence-corrected chi connectivity index (χ0v) is 16.1. The molecule has 1 aliphatic rings. The summed E-state index contributed by atoms with van der Waals surface area (Å²) in [7, 11) is 1.87. The lowest BCUT2D eigenvalue weighted by Crippen LogP contribution is -2.40. The summed E-state index contributed by atoms with van der Waals surface area (Å²) in [5.74, 6) is 0.185. The van der Waals surface area contributed by atoms with Gasteiger partial charge in [-0.1, -0.05) is 0 Å². The lowest BCUT2D eigenvalue weighted by molar-refractivity contribution is -0.142. The van der Waals surface area contributed by atoms with E-state index in [1.165, 1.54) is 0 Å². The predicted molar refractivity (Wildman–Crippen MR) is 101 cm³/mol. The molecule has 3 heterocycles. The first-order chi connectivity index (χ1) is 12.8. The third-order valence-corrected chi connectivity index (χ3v) is 4.86. The topological polar surface area (TPSA) is 105 Å². The normalized spacial score (nSPS) is 16.2. The molecule has 1 saturated heterocycles.